The molecule has 2 heterocycles. The van der Waals surface area contributed by atoms with Crippen molar-refractivity contribution in [2.75, 3.05) is 18.0 Å². The lowest BCUT2D eigenvalue weighted by atomic mass is 10.1. The molecule has 0 bridgehead atoms. The van der Waals surface area contributed by atoms with E-state index in [1.807, 2.05) is 0 Å². The van der Waals surface area contributed by atoms with Gasteiger partial charge >= 0.3 is 0 Å². The van der Waals surface area contributed by atoms with E-state index in [0.29, 0.717) is 22.6 Å². The van der Waals surface area contributed by atoms with Crippen molar-refractivity contribution in [3.63, 3.8) is 0 Å². The molecule has 2 aliphatic rings. The Morgan fingerprint density at radius 2 is 1.48 bits per heavy atom. The summed E-state index contributed by atoms with van der Waals surface area (Å²) in [5.74, 6) is 0.250. The molecule has 0 saturated carbocycles. The Morgan fingerprint density at radius 1 is 0.913 bits per heavy atom. The third-order valence-electron chi connectivity index (χ3n) is 4.26. The zero-order valence-electron chi connectivity index (χ0n) is 12.5. The standard InChI is InChI=1S/C18H15N3O2/c22-16-13-5-1-2-6-14(13)17(23)15(16)9-12-10-19-18(20-11-12)21-7-3-4-8-21/h1-2,5-6,9-11H,3-4,7-8H2. The van der Waals surface area contributed by atoms with Gasteiger partial charge in [-0.3, -0.25) is 9.59 Å². The molecule has 23 heavy (non-hydrogen) atoms. The van der Waals surface area contributed by atoms with Gasteiger partial charge in [0.05, 0.1) is 5.57 Å². The molecule has 0 atom stereocenters. The average molecular weight is 305 g/mol. The van der Waals surface area contributed by atoms with Crippen molar-refractivity contribution >= 4 is 23.6 Å². The van der Waals surface area contributed by atoms with Crippen molar-refractivity contribution < 1.29 is 9.59 Å². The highest BCUT2D eigenvalue weighted by atomic mass is 16.2. The lowest BCUT2D eigenvalue weighted by Gasteiger charge is -2.14. The number of carbonyl (C=O) groups is 2. The fraction of sp³-hybridized carbons (Fsp3) is 0.222. The summed E-state index contributed by atoms with van der Waals surface area (Å²) in [7, 11) is 0. The van der Waals surface area contributed by atoms with Crippen molar-refractivity contribution in [2.24, 2.45) is 0 Å². The minimum atomic E-state index is -0.228. The summed E-state index contributed by atoms with van der Waals surface area (Å²) < 4.78 is 0. The summed E-state index contributed by atoms with van der Waals surface area (Å²) >= 11 is 0. The molecule has 114 valence electrons. The van der Waals surface area contributed by atoms with Crippen LogP contribution in [0.1, 0.15) is 39.1 Å². The normalized spacial score (nSPS) is 16.9. The molecule has 0 radical (unpaired) electrons. The molecule has 0 amide bonds. The van der Waals surface area contributed by atoms with E-state index in [4.69, 9.17) is 0 Å². The predicted octanol–water partition coefficient (Wildman–Crippen LogP) is 2.54. The van der Waals surface area contributed by atoms with Gasteiger partial charge < -0.3 is 4.90 Å². The van der Waals surface area contributed by atoms with Crippen LogP contribution in [0.25, 0.3) is 6.08 Å². The second-order valence-corrected chi connectivity index (χ2v) is 5.77. The number of carbonyl (C=O) groups excluding carboxylic acids is 2. The number of hydrogen-bond acceptors (Lipinski definition) is 5. The maximum absolute atomic E-state index is 12.3. The SMILES string of the molecule is O=C1C(=Cc2cnc(N3CCCC3)nc2)C(=O)c2ccccc21. The molecule has 4 rings (SSSR count). The summed E-state index contributed by atoms with van der Waals surface area (Å²) in [6.07, 6.45) is 7.24. The fourth-order valence-corrected chi connectivity index (χ4v) is 3.06. The Hall–Kier alpha value is -2.82. The Morgan fingerprint density at radius 3 is 2.04 bits per heavy atom. The van der Waals surface area contributed by atoms with Gasteiger partial charge in [0.15, 0.2) is 11.6 Å². The molecule has 5 heteroatoms. The number of anilines is 1. The van der Waals surface area contributed by atoms with Gasteiger partial charge in [-0.05, 0) is 18.9 Å². The Labute approximate surface area is 133 Å². The number of aromatic nitrogens is 2. The zero-order chi connectivity index (χ0) is 15.8. The van der Waals surface area contributed by atoms with Gasteiger partial charge in [0.1, 0.15) is 0 Å². The number of hydrogen-bond donors (Lipinski definition) is 0. The van der Waals surface area contributed by atoms with E-state index in [0.717, 1.165) is 25.9 Å². The van der Waals surface area contributed by atoms with E-state index in [1.165, 1.54) is 0 Å². The van der Waals surface area contributed by atoms with Crippen LogP contribution in [0.2, 0.25) is 0 Å². The largest absolute Gasteiger partial charge is 0.341 e. The lowest BCUT2D eigenvalue weighted by molar-refractivity contribution is 0.0990. The third kappa shape index (κ3) is 2.34. The molecular formula is C18H15N3O2. The van der Waals surface area contributed by atoms with Crippen LogP contribution in [0.3, 0.4) is 0 Å². The minimum absolute atomic E-state index is 0.184. The summed E-state index contributed by atoms with van der Waals surface area (Å²) in [5.41, 5.74) is 1.79. The molecule has 0 unspecified atom stereocenters. The molecule has 1 aliphatic carbocycles. The summed E-state index contributed by atoms with van der Waals surface area (Å²) in [5, 5.41) is 0. The van der Waals surface area contributed by atoms with E-state index >= 15 is 0 Å². The van der Waals surface area contributed by atoms with Crippen LogP contribution in [-0.4, -0.2) is 34.6 Å². The predicted molar refractivity (Wildman–Crippen MR) is 86.6 cm³/mol. The summed E-state index contributed by atoms with van der Waals surface area (Å²) in [6, 6.07) is 6.90. The smallest absolute Gasteiger partial charge is 0.225 e. The number of allylic oxidation sites excluding steroid dienone is 1. The molecule has 1 aromatic carbocycles. The van der Waals surface area contributed by atoms with Crippen molar-refractivity contribution in [2.45, 2.75) is 12.8 Å². The number of Topliss-reactive ketones (excluding diaryl/α,β-unsaturated/α-hetero) is 2. The van der Waals surface area contributed by atoms with Crippen LogP contribution in [-0.2, 0) is 0 Å². The highest BCUT2D eigenvalue weighted by molar-refractivity contribution is 6.41. The molecule has 5 nitrogen and oxygen atoms in total. The van der Waals surface area contributed by atoms with Crippen LogP contribution < -0.4 is 4.90 Å². The third-order valence-corrected chi connectivity index (χ3v) is 4.26. The number of nitrogens with zero attached hydrogens (tertiary/aromatic N) is 3. The van der Waals surface area contributed by atoms with Gasteiger partial charge in [0, 0.05) is 42.2 Å². The van der Waals surface area contributed by atoms with E-state index in [9.17, 15) is 9.59 Å². The molecule has 1 fully saturated rings. The molecule has 1 aromatic heterocycles. The summed E-state index contributed by atoms with van der Waals surface area (Å²) in [6.45, 7) is 1.96. The lowest BCUT2D eigenvalue weighted by Crippen LogP contribution is -2.20. The molecule has 1 saturated heterocycles. The van der Waals surface area contributed by atoms with Crippen molar-refractivity contribution in [3.8, 4) is 0 Å². The zero-order valence-corrected chi connectivity index (χ0v) is 12.5. The van der Waals surface area contributed by atoms with E-state index < -0.39 is 0 Å². The number of ketones is 2. The second-order valence-electron chi connectivity index (χ2n) is 5.77. The van der Waals surface area contributed by atoms with Crippen LogP contribution >= 0.6 is 0 Å². The fourth-order valence-electron chi connectivity index (χ4n) is 3.06. The molecule has 0 N–H and O–H groups in total. The number of benzene rings is 1. The van der Waals surface area contributed by atoms with Crippen LogP contribution in [0.15, 0.2) is 42.2 Å². The topological polar surface area (TPSA) is 63.2 Å². The number of rotatable bonds is 2. The van der Waals surface area contributed by atoms with Crippen LogP contribution in [0.5, 0.6) is 0 Å². The molecule has 2 aromatic rings. The first kappa shape index (κ1) is 13.8. The van der Waals surface area contributed by atoms with Gasteiger partial charge in [-0.2, -0.15) is 0 Å². The van der Waals surface area contributed by atoms with E-state index in [2.05, 4.69) is 14.9 Å². The first-order valence-corrected chi connectivity index (χ1v) is 7.71. The van der Waals surface area contributed by atoms with Crippen LogP contribution in [0, 0.1) is 0 Å². The average Bonchev–Trinajstić information content (AvgIpc) is 3.20. The monoisotopic (exact) mass is 305 g/mol. The Balaban J connectivity index is 1.63. The Kier molecular flexibility index (Phi) is 3.26. The summed E-state index contributed by atoms with van der Waals surface area (Å²) in [4.78, 5) is 35.5. The van der Waals surface area contributed by atoms with E-state index in [-0.39, 0.29) is 17.1 Å². The van der Waals surface area contributed by atoms with E-state index in [1.54, 1.807) is 42.7 Å². The number of fused-ring (bicyclic) bond motifs is 1. The molecular weight excluding hydrogens is 290 g/mol. The van der Waals surface area contributed by atoms with Gasteiger partial charge in [-0.25, -0.2) is 9.97 Å². The van der Waals surface area contributed by atoms with Crippen LogP contribution in [0.4, 0.5) is 5.95 Å². The maximum Gasteiger partial charge on any atom is 0.225 e. The highest BCUT2D eigenvalue weighted by Gasteiger charge is 2.32. The van der Waals surface area contributed by atoms with Gasteiger partial charge in [-0.1, -0.05) is 24.3 Å². The van der Waals surface area contributed by atoms with Crippen molar-refractivity contribution in [1.29, 1.82) is 0 Å². The van der Waals surface area contributed by atoms with Gasteiger partial charge in [-0.15, -0.1) is 0 Å². The first-order chi connectivity index (χ1) is 11.2. The second kappa shape index (κ2) is 5.43. The molecule has 1 aliphatic heterocycles. The minimum Gasteiger partial charge on any atom is -0.341 e. The Bertz CT molecular complexity index is 781. The first-order valence-electron chi connectivity index (χ1n) is 7.71. The maximum atomic E-state index is 12.3. The molecule has 0 spiro atoms. The van der Waals surface area contributed by atoms with Crippen molar-refractivity contribution in [1.82, 2.24) is 9.97 Å². The van der Waals surface area contributed by atoms with Crippen molar-refractivity contribution in [3.05, 3.63) is 58.9 Å². The van der Waals surface area contributed by atoms with Gasteiger partial charge in [0.2, 0.25) is 5.95 Å². The van der Waals surface area contributed by atoms with Gasteiger partial charge in [0.25, 0.3) is 0 Å². The quantitative estimate of drug-likeness (QED) is 0.630. The highest BCUT2D eigenvalue weighted by Crippen LogP contribution is 2.27.